The zero-order chi connectivity index (χ0) is 17.8. The van der Waals surface area contributed by atoms with Crippen LogP contribution in [-0.2, 0) is 9.53 Å². The van der Waals surface area contributed by atoms with Gasteiger partial charge in [-0.05, 0) is 26.0 Å². The number of aryl methyl sites for hydroxylation is 2. The summed E-state index contributed by atoms with van der Waals surface area (Å²) in [6.07, 6.45) is 0. The minimum Gasteiger partial charge on any atom is -0.451 e. The first-order valence-electron chi connectivity index (χ1n) is 7.42. The molecular formula is C16H15N5O4. The molecule has 128 valence electrons. The summed E-state index contributed by atoms with van der Waals surface area (Å²) in [4.78, 5) is 25.2. The fourth-order valence-electron chi connectivity index (χ4n) is 2.05. The van der Waals surface area contributed by atoms with Crippen LogP contribution in [0.25, 0.3) is 5.69 Å². The maximum Gasteiger partial charge on any atom is 0.361 e. The highest BCUT2D eigenvalue weighted by atomic mass is 16.5. The highest BCUT2D eigenvalue weighted by Gasteiger charge is 2.19. The number of hydrogen-bond acceptors (Lipinski definition) is 7. The predicted molar refractivity (Wildman–Crippen MR) is 86.2 cm³/mol. The SMILES string of the molecule is Cc1cc(NC(=O)COC(=O)c2nn(-c3ccccc3)nc2C)no1. The summed E-state index contributed by atoms with van der Waals surface area (Å²) in [5.41, 5.74) is 1.17. The van der Waals surface area contributed by atoms with Crippen LogP contribution in [0.4, 0.5) is 5.82 Å². The molecule has 25 heavy (non-hydrogen) atoms. The zero-order valence-corrected chi connectivity index (χ0v) is 13.6. The van der Waals surface area contributed by atoms with Crippen molar-refractivity contribution in [2.45, 2.75) is 13.8 Å². The van der Waals surface area contributed by atoms with Gasteiger partial charge in [-0.2, -0.15) is 9.90 Å². The van der Waals surface area contributed by atoms with E-state index in [0.29, 0.717) is 17.1 Å². The molecule has 0 aliphatic heterocycles. The van der Waals surface area contributed by atoms with E-state index in [0.717, 1.165) is 0 Å². The summed E-state index contributed by atoms with van der Waals surface area (Å²) >= 11 is 0. The first-order valence-corrected chi connectivity index (χ1v) is 7.42. The number of ether oxygens (including phenoxy) is 1. The van der Waals surface area contributed by atoms with Crippen LogP contribution in [0, 0.1) is 13.8 Å². The van der Waals surface area contributed by atoms with Crippen LogP contribution >= 0.6 is 0 Å². The van der Waals surface area contributed by atoms with Crippen molar-refractivity contribution in [3.8, 4) is 5.69 Å². The molecule has 0 unspecified atom stereocenters. The molecule has 2 aromatic heterocycles. The van der Waals surface area contributed by atoms with Gasteiger partial charge in [0.05, 0.1) is 11.4 Å². The Balaban J connectivity index is 1.61. The number of benzene rings is 1. The number of rotatable bonds is 5. The Hall–Kier alpha value is -3.49. The highest BCUT2D eigenvalue weighted by Crippen LogP contribution is 2.10. The van der Waals surface area contributed by atoms with Gasteiger partial charge < -0.3 is 14.6 Å². The Morgan fingerprint density at radius 1 is 1.20 bits per heavy atom. The maximum atomic E-state index is 12.1. The lowest BCUT2D eigenvalue weighted by Crippen LogP contribution is -2.21. The van der Waals surface area contributed by atoms with Crippen LogP contribution in [0.15, 0.2) is 40.9 Å². The van der Waals surface area contributed by atoms with Crippen LogP contribution in [0.1, 0.15) is 21.9 Å². The monoisotopic (exact) mass is 341 g/mol. The van der Waals surface area contributed by atoms with Gasteiger partial charge in [0.15, 0.2) is 18.1 Å². The van der Waals surface area contributed by atoms with Crippen LogP contribution < -0.4 is 5.32 Å². The molecule has 3 rings (SSSR count). The highest BCUT2D eigenvalue weighted by molar-refractivity contribution is 5.94. The number of anilines is 1. The van der Waals surface area contributed by atoms with Crippen LogP contribution in [-0.4, -0.2) is 38.6 Å². The van der Waals surface area contributed by atoms with E-state index in [9.17, 15) is 9.59 Å². The van der Waals surface area contributed by atoms with Crippen molar-refractivity contribution >= 4 is 17.7 Å². The van der Waals surface area contributed by atoms with Crippen molar-refractivity contribution in [3.05, 3.63) is 53.5 Å². The third kappa shape index (κ3) is 3.89. The van der Waals surface area contributed by atoms with Crippen molar-refractivity contribution in [1.29, 1.82) is 0 Å². The third-order valence-corrected chi connectivity index (χ3v) is 3.19. The molecule has 0 spiro atoms. The van der Waals surface area contributed by atoms with E-state index >= 15 is 0 Å². The number of para-hydroxylation sites is 1. The average molecular weight is 341 g/mol. The van der Waals surface area contributed by atoms with E-state index < -0.39 is 18.5 Å². The number of amides is 1. The lowest BCUT2D eigenvalue weighted by Gasteiger charge is -2.02. The van der Waals surface area contributed by atoms with E-state index in [-0.39, 0.29) is 11.5 Å². The van der Waals surface area contributed by atoms with Crippen molar-refractivity contribution in [1.82, 2.24) is 20.2 Å². The van der Waals surface area contributed by atoms with Gasteiger partial charge in [-0.15, -0.1) is 5.10 Å². The molecule has 0 aliphatic rings. The lowest BCUT2D eigenvalue weighted by atomic mass is 10.3. The normalized spacial score (nSPS) is 10.5. The maximum absolute atomic E-state index is 12.1. The molecule has 0 fully saturated rings. The fourth-order valence-corrected chi connectivity index (χ4v) is 2.05. The van der Waals surface area contributed by atoms with Crippen LogP contribution in [0.2, 0.25) is 0 Å². The molecule has 0 atom stereocenters. The molecule has 0 bridgehead atoms. The van der Waals surface area contributed by atoms with Crippen LogP contribution in [0.3, 0.4) is 0 Å². The fraction of sp³-hybridized carbons (Fsp3) is 0.188. The molecule has 2 heterocycles. The summed E-state index contributed by atoms with van der Waals surface area (Å²) in [7, 11) is 0. The van der Waals surface area contributed by atoms with Gasteiger partial charge in [0.25, 0.3) is 5.91 Å². The van der Waals surface area contributed by atoms with Gasteiger partial charge in [0.2, 0.25) is 0 Å². The molecule has 0 saturated heterocycles. The van der Waals surface area contributed by atoms with Gasteiger partial charge in [-0.3, -0.25) is 4.79 Å². The molecule has 1 N–H and O–H groups in total. The number of carbonyl (C=O) groups is 2. The van der Waals surface area contributed by atoms with Gasteiger partial charge in [0, 0.05) is 6.07 Å². The number of esters is 1. The van der Waals surface area contributed by atoms with E-state index in [1.54, 1.807) is 19.9 Å². The van der Waals surface area contributed by atoms with E-state index in [1.165, 1.54) is 4.80 Å². The average Bonchev–Trinajstić information content (AvgIpc) is 3.19. The van der Waals surface area contributed by atoms with Crippen LogP contribution in [0.5, 0.6) is 0 Å². The Morgan fingerprint density at radius 2 is 1.96 bits per heavy atom. The largest absolute Gasteiger partial charge is 0.451 e. The Kier molecular flexibility index (Phi) is 4.55. The first kappa shape index (κ1) is 16.4. The molecule has 9 heteroatoms. The second-order valence-electron chi connectivity index (χ2n) is 5.21. The Bertz CT molecular complexity index is 900. The molecule has 0 saturated carbocycles. The topological polar surface area (TPSA) is 112 Å². The standard InChI is InChI=1S/C16H15N5O4/c1-10-8-13(20-25-10)17-14(22)9-24-16(23)15-11(2)18-21(19-15)12-6-4-3-5-7-12/h3-8H,9H2,1-2H3,(H,17,20,22). The molecule has 0 aliphatic carbocycles. The quantitative estimate of drug-likeness (QED) is 0.702. The summed E-state index contributed by atoms with van der Waals surface area (Å²) < 4.78 is 9.80. The van der Waals surface area contributed by atoms with Crippen molar-refractivity contribution in [2.75, 3.05) is 11.9 Å². The first-order chi connectivity index (χ1) is 12.0. The number of carbonyl (C=O) groups excluding carboxylic acids is 2. The number of aromatic nitrogens is 4. The molecule has 3 aromatic rings. The summed E-state index contributed by atoms with van der Waals surface area (Å²) in [6, 6.07) is 10.7. The summed E-state index contributed by atoms with van der Waals surface area (Å²) in [6.45, 7) is 2.87. The Morgan fingerprint density at radius 3 is 2.64 bits per heavy atom. The van der Waals surface area contributed by atoms with E-state index in [4.69, 9.17) is 9.26 Å². The van der Waals surface area contributed by atoms with Crippen molar-refractivity contribution < 1.29 is 18.8 Å². The molecule has 9 nitrogen and oxygen atoms in total. The molecule has 0 radical (unpaired) electrons. The zero-order valence-electron chi connectivity index (χ0n) is 13.6. The van der Waals surface area contributed by atoms with Crippen molar-refractivity contribution in [2.24, 2.45) is 0 Å². The Labute approximate surface area is 142 Å². The van der Waals surface area contributed by atoms with Gasteiger partial charge in [-0.25, -0.2) is 4.79 Å². The number of nitrogens with one attached hydrogen (secondary N) is 1. The van der Waals surface area contributed by atoms with Gasteiger partial charge in [0.1, 0.15) is 5.76 Å². The van der Waals surface area contributed by atoms with Gasteiger partial charge in [-0.1, -0.05) is 23.4 Å². The third-order valence-electron chi connectivity index (χ3n) is 3.19. The number of nitrogens with zero attached hydrogens (tertiary/aromatic N) is 4. The van der Waals surface area contributed by atoms with E-state index in [1.807, 2.05) is 30.3 Å². The minimum absolute atomic E-state index is 0.0499. The molecule has 1 aromatic carbocycles. The molecule has 1 amide bonds. The summed E-state index contributed by atoms with van der Waals surface area (Å²) in [5, 5.41) is 14.4. The lowest BCUT2D eigenvalue weighted by molar-refractivity contribution is -0.119. The molecular weight excluding hydrogens is 326 g/mol. The van der Waals surface area contributed by atoms with E-state index in [2.05, 4.69) is 20.7 Å². The van der Waals surface area contributed by atoms with Crippen molar-refractivity contribution in [3.63, 3.8) is 0 Å². The second kappa shape index (κ2) is 6.95. The predicted octanol–water partition coefficient (Wildman–Crippen LogP) is 1.67. The smallest absolute Gasteiger partial charge is 0.361 e. The van der Waals surface area contributed by atoms with Gasteiger partial charge >= 0.3 is 5.97 Å². The summed E-state index contributed by atoms with van der Waals surface area (Å²) in [5.74, 6) is -0.453. The second-order valence-corrected chi connectivity index (χ2v) is 5.21. The minimum atomic E-state index is -0.730. The number of hydrogen-bond donors (Lipinski definition) is 1.